The summed E-state index contributed by atoms with van der Waals surface area (Å²) < 4.78 is 1.62. The van der Waals surface area contributed by atoms with Gasteiger partial charge in [-0.1, -0.05) is 52.6 Å². The van der Waals surface area contributed by atoms with Crippen LogP contribution in [0.5, 0.6) is 0 Å². The molecule has 28 heavy (non-hydrogen) atoms. The molecule has 2 aromatic carbocycles. The summed E-state index contributed by atoms with van der Waals surface area (Å²) in [6.07, 6.45) is 0. The van der Waals surface area contributed by atoms with Gasteiger partial charge in [0.05, 0.1) is 5.69 Å². The molecule has 1 unspecified atom stereocenters. The van der Waals surface area contributed by atoms with Crippen molar-refractivity contribution in [3.63, 3.8) is 0 Å². The molecule has 2 aromatic heterocycles. The van der Waals surface area contributed by atoms with Crippen LogP contribution in [0.2, 0.25) is 10.0 Å². The number of rotatable bonds is 2. The van der Waals surface area contributed by atoms with Crippen LogP contribution in [0.1, 0.15) is 17.2 Å². The van der Waals surface area contributed by atoms with Crippen LogP contribution in [0.3, 0.4) is 0 Å². The highest BCUT2D eigenvalue weighted by Gasteiger charge is 2.34. The molecule has 8 nitrogen and oxygen atoms in total. The van der Waals surface area contributed by atoms with Crippen molar-refractivity contribution in [2.75, 3.05) is 5.32 Å². The van der Waals surface area contributed by atoms with E-state index in [1.54, 1.807) is 28.9 Å². The van der Waals surface area contributed by atoms with Gasteiger partial charge < -0.3 is 5.32 Å². The largest absolute Gasteiger partial charge is 0.318 e. The molecule has 0 aliphatic carbocycles. The van der Waals surface area contributed by atoms with Gasteiger partial charge in [-0.25, -0.2) is 5.10 Å². The Morgan fingerprint density at radius 1 is 0.964 bits per heavy atom. The molecule has 10 heteroatoms. The van der Waals surface area contributed by atoms with Crippen molar-refractivity contribution in [3.8, 4) is 11.3 Å². The third-order valence-corrected chi connectivity index (χ3v) is 5.08. The number of tetrazole rings is 1. The third kappa shape index (κ3) is 2.65. The summed E-state index contributed by atoms with van der Waals surface area (Å²) in [5, 5.41) is 22.9. The number of fused-ring (bicyclic) bond motifs is 2. The zero-order valence-electron chi connectivity index (χ0n) is 14.1. The molecule has 3 heterocycles. The van der Waals surface area contributed by atoms with Crippen LogP contribution < -0.4 is 10.9 Å². The summed E-state index contributed by atoms with van der Waals surface area (Å²) in [6, 6.07) is 14.1. The summed E-state index contributed by atoms with van der Waals surface area (Å²) in [7, 11) is 0. The molecular formula is C18H11Cl2N7O. The van der Waals surface area contributed by atoms with Gasteiger partial charge in [0.25, 0.3) is 5.56 Å². The fraction of sp³-hybridized carbons (Fsp3) is 0.0556. The van der Waals surface area contributed by atoms with E-state index in [2.05, 4.69) is 31.0 Å². The second-order valence-corrected chi connectivity index (χ2v) is 7.10. The van der Waals surface area contributed by atoms with E-state index in [0.29, 0.717) is 32.9 Å². The molecule has 0 saturated carbocycles. The summed E-state index contributed by atoms with van der Waals surface area (Å²) in [5.41, 5.74) is 2.91. The maximum atomic E-state index is 12.6. The molecule has 0 amide bonds. The zero-order chi connectivity index (χ0) is 19.3. The lowest BCUT2D eigenvalue weighted by Crippen LogP contribution is -2.29. The molecule has 1 aliphatic rings. The van der Waals surface area contributed by atoms with Crippen molar-refractivity contribution in [2.24, 2.45) is 0 Å². The summed E-state index contributed by atoms with van der Waals surface area (Å²) in [4.78, 5) is 12.6. The topological polar surface area (TPSA) is 101 Å². The lowest BCUT2D eigenvalue weighted by atomic mass is 9.92. The second kappa shape index (κ2) is 6.43. The molecule has 4 aromatic rings. The molecule has 0 spiro atoms. The molecule has 0 bridgehead atoms. The van der Waals surface area contributed by atoms with Gasteiger partial charge in [-0.05, 0) is 40.3 Å². The maximum Gasteiger partial charge on any atom is 0.288 e. The lowest BCUT2D eigenvalue weighted by molar-refractivity contribution is 0.567. The van der Waals surface area contributed by atoms with Crippen LogP contribution in [0.15, 0.2) is 53.3 Å². The van der Waals surface area contributed by atoms with E-state index in [0.717, 1.165) is 11.1 Å². The number of hydrogen-bond donors (Lipinski definition) is 2. The van der Waals surface area contributed by atoms with Crippen molar-refractivity contribution in [1.82, 2.24) is 30.4 Å². The lowest BCUT2D eigenvalue weighted by Gasteiger charge is -2.27. The first-order chi connectivity index (χ1) is 13.6. The first kappa shape index (κ1) is 16.9. The Hall–Kier alpha value is -3.23. The average molecular weight is 412 g/mol. The molecule has 138 valence electrons. The Labute approximate surface area is 168 Å². The quantitative estimate of drug-likeness (QED) is 0.461. The Bertz CT molecular complexity index is 1230. The van der Waals surface area contributed by atoms with Crippen LogP contribution >= 0.6 is 23.2 Å². The number of hydrogen-bond acceptors (Lipinski definition) is 6. The average Bonchev–Trinajstić information content (AvgIpc) is 3.17. The molecular weight excluding hydrogens is 401 g/mol. The van der Waals surface area contributed by atoms with Crippen molar-refractivity contribution in [1.29, 1.82) is 0 Å². The molecule has 0 saturated heterocycles. The molecule has 2 N–H and O–H groups in total. The highest BCUT2D eigenvalue weighted by atomic mass is 35.5. The number of anilines is 2. The molecule has 1 atom stereocenters. The number of benzene rings is 2. The van der Waals surface area contributed by atoms with Gasteiger partial charge >= 0.3 is 0 Å². The summed E-state index contributed by atoms with van der Waals surface area (Å²) in [6.45, 7) is 0. The van der Waals surface area contributed by atoms with E-state index < -0.39 is 6.04 Å². The third-order valence-electron chi connectivity index (χ3n) is 4.57. The Balaban J connectivity index is 1.81. The number of aromatic amines is 1. The van der Waals surface area contributed by atoms with Gasteiger partial charge in [0, 0.05) is 21.2 Å². The van der Waals surface area contributed by atoms with Gasteiger partial charge in [-0.15, -0.1) is 0 Å². The first-order valence-corrected chi connectivity index (χ1v) is 9.06. The van der Waals surface area contributed by atoms with E-state index in [-0.39, 0.29) is 5.56 Å². The normalized spacial score (nSPS) is 14.9. The SMILES string of the molecule is O=c1[nH]nc(-c2ccc(Cl)cc2)c2c1Nc1nnnn1C2c1ccc(Cl)cc1. The van der Waals surface area contributed by atoms with Crippen LogP contribution in [0.4, 0.5) is 11.6 Å². The molecule has 1 aliphatic heterocycles. The minimum absolute atomic E-state index is 0.349. The highest BCUT2D eigenvalue weighted by Crippen LogP contribution is 2.41. The van der Waals surface area contributed by atoms with E-state index in [9.17, 15) is 4.79 Å². The van der Waals surface area contributed by atoms with Crippen molar-refractivity contribution >= 4 is 34.8 Å². The van der Waals surface area contributed by atoms with Crippen LogP contribution in [-0.2, 0) is 0 Å². The predicted octanol–water partition coefficient (Wildman–Crippen LogP) is 3.42. The molecule has 5 rings (SSSR count). The monoisotopic (exact) mass is 411 g/mol. The Morgan fingerprint density at radius 2 is 1.64 bits per heavy atom. The number of aromatic nitrogens is 6. The first-order valence-electron chi connectivity index (χ1n) is 8.30. The fourth-order valence-corrected chi connectivity index (χ4v) is 3.57. The van der Waals surface area contributed by atoms with E-state index in [1.165, 1.54) is 0 Å². The van der Waals surface area contributed by atoms with Gasteiger partial charge in [-0.2, -0.15) is 9.78 Å². The summed E-state index contributed by atoms with van der Waals surface area (Å²) >= 11 is 12.1. The Kier molecular flexibility index (Phi) is 3.88. The standard InChI is InChI=1S/C18H11Cl2N7O/c19-11-5-1-9(2-6-11)14-13-15(17(28)23-22-14)21-18-24-25-26-27(18)16(13)10-3-7-12(20)8-4-10/h1-8,16H,(H,23,28)(H,21,24,26). The van der Waals surface area contributed by atoms with Crippen LogP contribution in [0, 0.1) is 0 Å². The Morgan fingerprint density at radius 3 is 2.36 bits per heavy atom. The van der Waals surface area contributed by atoms with Crippen molar-refractivity contribution in [2.45, 2.75) is 6.04 Å². The van der Waals surface area contributed by atoms with Gasteiger partial charge in [0.15, 0.2) is 0 Å². The smallest absolute Gasteiger partial charge is 0.288 e. The zero-order valence-corrected chi connectivity index (χ0v) is 15.6. The second-order valence-electron chi connectivity index (χ2n) is 6.22. The van der Waals surface area contributed by atoms with E-state index >= 15 is 0 Å². The number of nitrogens with zero attached hydrogens (tertiary/aromatic N) is 5. The number of nitrogens with one attached hydrogen (secondary N) is 2. The van der Waals surface area contributed by atoms with Crippen molar-refractivity contribution < 1.29 is 0 Å². The molecule has 0 radical (unpaired) electrons. The van der Waals surface area contributed by atoms with Gasteiger partial charge in [-0.3, -0.25) is 4.79 Å². The number of halogens is 2. The highest BCUT2D eigenvalue weighted by molar-refractivity contribution is 6.30. The number of H-pyrrole nitrogens is 1. The fourth-order valence-electron chi connectivity index (χ4n) is 3.32. The minimum Gasteiger partial charge on any atom is -0.318 e. The minimum atomic E-state index is -0.459. The van der Waals surface area contributed by atoms with Gasteiger partial charge in [0.2, 0.25) is 5.95 Å². The van der Waals surface area contributed by atoms with E-state index in [1.807, 2.05) is 24.3 Å². The van der Waals surface area contributed by atoms with Crippen LogP contribution in [0.25, 0.3) is 11.3 Å². The van der Waals surface area contributed by atoms with Crippen LogP contribution in [-0.4, -0.2) is 30.4 Å². The van der Waals surface area contributed by atoms with Gasteiger partial charge in [0.1, 0.15) is 11.7 Å². The molecule has 0 fully saturated rings. The van der Waals surface area contributed by atoms with E-state index in [4.69, 9.17) is 23.2 Å². The summed E-state index contributed by atoms with van der Waals surface area (Å²) in [5.74, 6) is 0.367. The maximum absolute atomic E-state index is 12.6. The van der Waals surface area contributed by atoms with Crippen molar-refractivity contribution in [3.05, 3.63) is 80.1 Å². The predicted molar refractivity (Wildman–Crippen MR) is 105 cm³/mol.